The van der Waals surface area contributed by atoms with Crippen molar-refractivity contribution < 1.29 is 4.74 Å². The highest BCUT2D eigenvalue weighted by Crippen LogP contribution is 2.19. The fraction of sp³-hybridized carbons (Fsp3) is 0.600. The van der Waals surface area contributed by atoms with E-state index in [-0.39, 0.29) is 6.10 Å². The van der Waals surface area contributed by atoms with Crippen molar-refractivity contribution in [1.29, 1.82) is 0 Å². The van der Waals surface area contributed by atoms with Crippen LogP contribution in [0.5, 0.6) is 0 Å². The summed E-state index contributed by atoms with van der Waals surface area (Å²) in [5, 5.41) is 0. The normalized spacial score (nSPS) is 13.1. The molecule has 1 aromatic carbocycles. The molecule has 0 radical (unpaired) electrons. The van der Waals surface area contributed by atoms with Crippen LogP contribution >= 0.6 is 0 Å². The first-order valence-electron chi connectivity index (χ1n) is 6.34. The molecule has 1 unspecified atom stereocenters. The zero-order valence-electron chi connectivity index (χ0n) is 11.0. The minimum absolute atomic E-state index is 0.215. The van der Waals surface area contributed by atoms with Crippen molar-refractivity contribution in [3.8, 4) is 0 Å². The molecule has 16 heavy (non-hydrogen) atoms. The predicted molar refractivity (Wildman–Crippen MR) is 69.6 cm³/mol. The predicted octanol–water partition coefficient (Wildman–Crippen LogP) is 4.37. The molecule has 0 fully saturated rings. The molecule has 0 aliphatic carbocycles. The lowest BCUT2D eigenvalue weighted by atomic mass is 9.99. The van der Waals surface area contributed by atoms with E-state index in [1.54, 1.807) is 0 Å². The summed E-state index contributed by atoms with van der Waals surface area (Å²) in [5.41, 5.74) is 2.71. The SMILES string of the molecule is CCCOC(C)c1cccc(CC(C)C)c1. The quantitative estimate of drug-likeness (QED) is 0.691. The van der Waals surface area contributed by atoms with Gasteiger partial charge in [-0.2, -0.15) is 0 Å². The average Bonchev–Trinajstić information content (AvgIpc) is 2.25. The average molecular weight is 220 g/mol. The molecule has 90 valence electrons. The summed E-state index contributed by atoms with van der Waals surface area (Å²) in [7, 11) is 0. The van der Waals surface area contributed by atoms with Crippen molar-refractivity contribution in [3.05, 3.63) is 35.4 Å². The van der Waals surface area contributed by atoms with E-state index in [1.807, 2.05) is 0 Å². The molecule has 0 spiro atoms. The number of ether oxygens (including phenoxy) is 1. The molecule has 0 N–H and O–H groups in total. The summed E-state index contributed by atoms with van der Waals surface area (Å²) in [6.07, 6.45) is 2.44. The Labute approximate surface area is 99.8 Å². The highest BCUT2D eigenvalue weighted by Gasteiger charge is 2.06. The van der Waals surface area contributed by atoms with Crippen LogP contribution in [0.3, 0.4) is 0 Å². The molecular formula is C15H24O. The molecular weight excluding hydrogens is 196 g/mol. The van der Waals surface area contributed by atoms with Gasteiger partial charge in [0.1, 0.15) is 0 Å². The second-order valence-corrected chi connectivity index (χ2v) is 4.86. The summed E-state index contributed by atoms with van der Waals surface area (Å²) in [6.45, 7) is 9.62. The highest BCUT2D eigenvalue weighted by molar-refractivity contribution is 5.25. The van der Waals surface area contributed by atoms with E-state index in [4.69, 9.17) is 4.74 Å². The number of rotatable bonds is 6. The molecule has 1 aromatic rings. The van der Waals surface area contributed by atoms with Crippen LogP contribution in [0.4, 0.5) is 0 Å². The van der Waals surface area contributed by atoms with Gasteiger partial charge in [0.2, 0.25) is 0 Å². The molecule has 0 aromatic heterocycles. The molecule has 0 saturated carbocycles. The fourth-order valence-electron chi connectivity index (χ4n) is 1.84. The van der Waals surface area contributed by atoms with Gasteiger partial charge in [0.25, 0.3) is 0 Å². The highest BCUT2D eigenvalue weighted by atomic mass is 16.5. The Morgan fingerprint density at radius 2 is 1.94 bits per heavy atom. The summed E-state index contributed by atoms with van der Waals surface area (Å²) >= 11 is 0. The maximum Gasteiger partial charge on any atom is 0.0796 e. The van der Waals surface area contributed by atoms with E-state index < -0.39 is 0 Å². The van der Waals surface area contributed by atoms with Gasteiger partial charge in [-0.15, -0.1) is 0 Å². The van der Waals surface area contributed by atoms with Crippen molar-refractivity contribution in [2.24, 2.45) is 5.92 Å². The standard InChI is InChI=1S/C15H24O/c1-5-9-16-13(4)15-8-6-7-14(11-15)10-12(2)3/h6-8,11-13H,5,9-10H2,1-4H3. The lowest BCUT2D eigenvalue weighted by Gasteiger charge is -2.14. The van der Waals surface area contributed by atoms with Gasteiger partial charge >= 0.3 is 0 Å². The molecule has 0 heterocycles. The third kappa shape index (κ3) is 4.36. The third-order valence-corrected chi connectivity index (χ3v) is 2.64. The second kappa shape index (κ2) is 6.70. The van der Waals surface area contributed by atoms with Gasteiger partial charge in [0, 0.05) is 6.61 Å². The molecule has 0 aliphatic rings. The van der Waals surface area contributed by atoms with Gasteiger partial charge in [-0.3, -0.25) is 0 Å². The molecule has 1 rings (SSSR count). The van der Waals surface area contributed by atoms with Crippen molar-refractivity contribution in [2.45, 2.75) is 46.6 Å². The van der Waals surface area contributed by atoms with Crippen LogP contribution in [0.25, 0.3) is 0 Å². The molecule has 1 nitrogen and oxygen atoms in total. The summed E-state index contributed by atoms with van der Waals surface area (Å²) in [6, 6.07) is 8.78. The van der Waals surface area contributed by atoms with Crippen LogP contribution in [0, 0.1) is 5.92 Å². The van der Waals surface area contributed by atoms with E-state index in [1.165, 1.54) is 11.1 Å². The zero-order valence-corrected chi connectivity index (χ0v) is 11.0. The minimum Gasteiger partial charge on any atom is -0.374 e. The summed E-state index contributed by atoms with van der Waals surface area (Å²) in [5.74, 6) is 0.710. The van der Waals surface area contributed by atoms with E-state index in [2.05, 4.69) is 52.0 Å². The first kappa shape index (κ1) is 13.2. The second-order valence-electron chi connectivity index (χ2n) is 4.86. The molecule has 0 bridgehead atoms. The van der Waals surface area contributed by atoms with Gasteiger partial charge < -0.3 is 4.74 Å². The first-order chi connectivity index (χ1) is 7.63. The van der Waals surface area contributed by atoms with Crippen LogP contribution in [0.1, 0.15) is 51.3 Å². The molecule has 0 amide bonds. The maximum atomic E-state index is 5.74. The summed E-state index contributed by atoms with van der Waals surface area (Å²) < 4.78 is 5.74. The summed E-state index contributed by atoms with van der Waals surface area (Å²) in [4.78, 5) is 0. The van der Waals surface area contributed by atoms with Gasteiger partial charge in [-0.05, 0) is 36.8 Å². The molecule has 0 saturated heterocycles. The van der Waals surface area contributed by atoms with Gasteiger partial charge in [0.15, 0.2) is 0 Å². The van der Waals surface area contributed by atoms with Crippen molar-refractivity contribution >= 4 is 0 Å². The van der Waals surface area contributed by atoms with E-state index in [0.29, 0.717) is 5.92 Å². The maximum absolute atomic E-state index is 5.74. The minimum atomic E-state index is 0.215. The Bertz CT molecular complexity index is 304. The zero-order chi connectivity index (χ0) is 12.0. The van der Waals surface area contributed by atoms with Crippen LogP contribution in [-0.2, 0) is 11.2 Å². The van der Waals surface area contributed by atoms with Gasteiger partial charge in [-0.25, -0.2) is 0 Å². The van der Waals surface area contributed by atoms with E-state index >= 15 is 0 Å². The Kier molecular flexibility index (Phi) is 5.54. The van der Waals surface area contributed by atoms with Gasteiger partial charge in [0.05, 0.1) is 6.10 Å². The van der Waals surface area contributed by atoms with E-state index in [9.17, 15) is 0 Å². The van der Waals surface area contributed by atoms with Crippen LogP contribution < -0.4 is 0 Å². The molecule has 1 heteroatoms. The molecule has 1 atom stereocenters. The van der Waals surface area contributed by atoms with Crippen molar-refractivity contribution in [1.82, 2.24) is 0 Å². The monoisotopic (exact) mass is 220 g/mol. The molecule has 0 aliphatic heterocycles. The lowest BCUT2D eigenvalue weighted by molar-refractivity contribution is 0.0662. The number of benzene rings is 1. The Hall–Kier alpha value is -0.820. The van der Waals surface area contributed by atoms with Crippen LogP contribution in [0.2, 0.25) is 0 Å². The van der Waals surface area contributed by atoms with E-state index in [0.717, 1.165) is 19.4 Å². The Morgan fingerprint density at radius 1 is 1.19 bits per heavy atom. The van der Waals surface area contributed by atoms with Gasteiger partial charge in [-0.1, -0.05) is 45.0 Å². The fourth-order valence-corrected chi connectivity index (χ4v) is 1.84. The third-order valence-electron chi connectivity index (χ3n) is 2.64. The smallest absolute Gasteiger partial charge is 0.0796 e. The van der Waals surface area contributed by atoms with Crippen LogP contribution in [-0.4, -0.2) is 6.61 Å². The Morgan fingerprint density at radius 3 is 2.56 bits per heavy atom. The lowest BCUT2D eigenvalue weighted by Crippen LogP contribution is -2.02. The number of hydrogen-bond acceptors (Lipinski definition) is 1. The first-order valence-corrected chi connectivity index (χ1v) is 6.34. The largest absolute Gasteiger partial charge is 0.374 e. The Balaban J connectivity index is 2.65. The van der Waals surface area contributed by atoms with Crippen molar-refractivity contribution in [3.63, 3.8) is 0 Å². The number of hydrogen-bond donors (Lipinski definition) is 0. The van der Waals surface area contributed by atoms with Crippen LogP contribution in [0.15, 0.2) is 24.3 Å². The topological polar surface area (TPSA) is 9.23 Å². The van der Waals surface area contributed by atoms with Crippen molar-refractivity contribution in [2.75, 3.05) is 6.61 Å².